The molecule has 0 heterocycles. The van der Waals surface area contributed by atoms with E-state index in [0.717, 1.165) is 17.1 Å². The molecule has 0 aliphatic heterocycles. The number of methoxy groups -OCH3 is 1. The van der Waals surface area contributed by atoms with E-state index in [1.54, 1.807) is 44.6 Å². The van der Waals surface area contributed by atoms with Crippen molar-refractivity contribution in [3.05, 3.63) is 54.1 Å². The number of benzene rings is 2. The Bertz CT molecular complexity index is 681. The van der Waals surface area contributed by atoms with Gasteiger partial charge >= 0.3 is 5.97 Å². The Morgan fingerprint density at radius 2 is 1.87 bits per heavy atom. The molecule has 120 valence electrons. The average molecular weight is 312 g/mol. The summed E-state index contributed by atoms with van der Waals surface area (Å²) < 4.78 is 10.3. The minimum absolute atomic E-state index is 0.325. The summed E-state index contributed by atoms with van der Waals surface area (Å²) in [6.07, 6.45) is 1.71. The van der Waals surface area contributed by atoms with E-state index < -0.39 is 0 Å². The molecular weight excluding hydrogens is 292 g/mol. The zero-order valence-electron chi connectivity index (χ0n) is 13.5. The van der Waals surface area contributed by atoms with Crippen LogP contribution >= 0.6 is 0 Å². The second-order valence-corrected chi connectivity index (χ2v) is 4.79. The topological polar surface area (TPSA) is 51.1 Å². The Morgan fingerprint density at radius 1 is 1.17 bits per heavy atom. The van der Waals surface area contributed by atoms with E-state index >= 15 is 0 Å². The number of anilines is 1. The summed E-state index contributed by atoms with van der Waals surface area (Å²) >= 11 is 0. The molecule has 0 bridgehead atoms. The number of esters is 1. The SMILES string of the molecule is CCOC(=O)c1ccc(N=CN(C)c2ccccc2OC)cc1. The molecule has 0 aliphatic rings. The predicted octanol–water partition coefficient (Wildman–Crippen LogP) is 3.67. The average Bonchev–Trinajstić information content (AvgIpc) is 2.60. The Morgan fingerprint density at radius 3 is 2.52 bits per heavy atom. The lowest BCUT2D eigenvalue weighted by molar-refractivity contribution is 0.0526. The predicted molar refractivity (Wildman–Crippen MR) is 91.9 cm³/mol. The number of ether oxygens (including phenoxy) is 2. The molecule has 2 rings (SSSR count). The molecular formula is C18H20N2O3. The van der Waals surface area contributed by atoms with Gasteiger partial charge in [-0.05, 0) is 43.3 Å². The smallest absolute Gasteiger partial charge is 0.338 e. The van der Waals surface area contributed by atoms with Gasteiger partial charge in [-0.1, -0.05) is 12.1 Å². The van der Waals surface area contributed by atoms with Crippen molar-refractivity contribution in [3.63, 3.8) is 0 Å². The third kappa shape index (κ3) is 4.32. The molecule has 2 aromatic rings. The fourth-order valence-electron chi connectivity index (χ4n) is 2.03. The van der Waals surface area contributed by atoms with E-state index in [0.29, 0.717) is 12.2 Å². The van der Waals surface area contributed by atoms with Gasteiger partial charge in [0.25, 0.3) is 0 Å². The highest BCUT2D eigenvalue weighted by atomic mass is 16.5. The van der Waals surface area contributed by atoms with E-state index in [9.17, 15) is 4.79 Å². The van der Waals surface area contributed by atoms with Crippen LogP contribution in [-0.4, -0.2) is 33.1 Å². The second-order valence-electron chi connectivity index (χ2n) is 4.79. The van der Waals surface area contributed by atoms with Gasteiger partial charge in [0.1, 0.15) is 5.75 Å². The maximum Gasteiger partial charge on any atom is 0.338 e. The van der Waals surface area contributed by atoms with Gasteiger partial charge in [-0.2, -0.15) is 0 Å². The molecule has 0 amide bonds. The summed E-state index contributed by atoms with van der Waals surface area (Å²) in [6, 6.07) is 14.7. The quantitative estimate of drug-likeness (QED) is 0.464. The summed E-state index contributed by atoms with van der Waals surface area (Å²) in [5.41, 5.74) is 2.19. The van der Waals surface area contributed by atoms with Crippen molar-refractivity contribution in [1.82, 2.24) is 0 Å². The number of carbonyl (C=O) groups is 1. The third-order valence-corrected chi connectivity index (χ3v) is 3.22. The van der Waals surface area contributed by atoms with Crippen LogP contribution in [0, 0.1) is 0 Å². The normalized spacial score (nSPS) is 10.6. The molecule has 23 heavy (non-hydrogen) atoms. The number of nitrogens with zero attached hydrogens (tertiary/aromatic N) is 2. The zero-order chi connectivity index (χ0) is 16.7. The van der Waals surface area contributed by atoms with Crippen LogP contribution in [0.4, 0.5) is 11.4 Å². The maximum atomic E-state index is 11.6. The summed E-state index contributed by atoms with van der Waals surface area (Å²) in [5, 5.41) is 0. The van der Waals surface area contributed by atoms with Gasteiger partial charge < -0.3 is 14.4 Å². The molecule has 0 fully saturated rings. The highest BCUT2D eigenvalue weighted by Gasteiger charge is 2.06. The Balaban J connectivity index is 2.09. The molecule has 5 heteroatoms. The molecule has 0 N–H and O–H groups in total. The van der Waals surface area contributed by atoms with E-state index in [-0.39, 0.29) is 5.97 Å². The molecule has 0 saturated carbocycles. The van der Waals surface area contributed by atoms with Crippen molar-refractivity contribution < 1.29 is 14.3 Å². The van der Waals surface area contributed by atoms with Crippen LogP contribution in [0.5, 0.6) is 5.75 Å². The van der Waals surface area contributed by atoms with E-state index in [2.05, 4.69) is 4.99 Å². The number of hydrogen-bond donors (Lipinski definition) is 0. The molecule has 0 spiro atoms. The van der Waals surface area contributed by atoms with Gasteiger partial charge in [0.15, 0.2) is 0 Å². The van der Waals surface area contributed by atoms with Gasteiger partial charge in [0, 0.05) is 7.05 Å². The number of para-hydroxylation sites is 2. The summed E-state index contributed by atoms with van der Waals surface area (Å²) in [6.45, 7) is 2.15. The van der Waals surface area contributed by atoms with Crippen molar-refractivity contribution in [2.24, 2.45) is 4.99 Å². The lowest BCUT2D eigenvalue weighted by Gasteiger charge is -2.16. The lowest BCUT2D eigenvalue weighted by Crippen LogP contribution is -2.14. The fraction of sp³-hybridized carbons (Fsp3) is 0.222. The number of rotatable bonds is 6. The summed E-state index contributed by atoms with van der Waals surface area (Å²) in [5.74, 6) is 0.452. The van der Waals surface area contributed by atoms with Crippen molar-refractivity contribution in [3.8, 4) is 5.75 Å². The fourth-order valence-corrected chi connectivity index (χ4v) is 2.03. The zero-order valence-corrected chi connectivity index (χ0v) is 13.5. The van der Waals surface area contributed by atoms with Gasteiger partial charge in [-0.15, -0.1) is 0 Å². The van der Waals surface area contributed by atoms with Gasteiger partial charge in [-0.25, -0.2) is 9.79 Å². The number of hydrogen-bond acceptors (Lipinski definition) is 4. The molecule has 0 aliphatic carbocycles. The first kappa shape index (κ1) is 16.5. The van der Waals surface area contributed by atoms with Crippen LogP contribution in [0.25, 0.3) is 0 Å². The van der Waals surface area contributed by atoms with Crippen LogP contribution in [0.3, 0.4) is 0 Å². The van der Waals surface area contributed by atoms with Gasteiger partial charge in [0.05, 0.1) is 37.0 Å². The van der Waals surface area contributed by atoms with E-state index in [1.165, 1.54) is 0 Å². The first-order valence-electron chi connectivity index (χ1n) is 7.33. The van der Waals surface area contributed by atoms with Crippen LogP contribution in [0.2, 0.25) is 0 Å². The van der Waals surface area contributed by atoms with Crippen LogP contribution in [0.15, 0.2) is 53.5 Å². The van der Waals surface area contributed by atoms with Gasteiger partial charge in [-0.3, -0.25) is 0 Å². The highest BCUT2D eigenvalue weighted by molar-refractivity contribution is 5.90. The summed E-state index contributed by atoms with van der Waals surface area (Å²) in [4.78, 5) is 17.9. The molecule has 0 atom stereocenters. The molecule has 5 nitrogen and oxygen atoms in total. The third-order valence-electron chi connectivity index (χ3n) is 3.22. The maximum absolute atomic E-state index is 11.6. The number of carbonyl (C=O) groups excluding carboxylic acids is 1. The molecule has 0 aromatic heterocycles. The first-order valence-corrected chi connectivity index (χ1v) is 7.33. The molecule has 2 aromatic carbocycles. The number of aliphatic imine (C=N–C) groups is 1. The largest absolute Gasteiger partial charge is 0.495 e. The minimum Gasteiger partial charge on any atom is -0.495 e. The second kappa shape index (κ2) is 7.98. The van der Waals surface area contributed by atoms with Crippen molar-refractivity contribution in [2.75, 3.05) is 25.7 Å². The Hall–Kier alpha value is -2.82. The van der Waals surface area contributed by atoms with Crippen LogP contribution < -0.4 is 9.64 Å². The van der Waals surface area contributed by atoms with Crippen LogP contribution in [0.1, 0.15) is 17.3 Å². The van der Waals surface area contributed by atoms with E-state index in [4.69, 9.17) is 9.47 Å². The highest BCUT2D eigenvalue weighted by Crippen LogP contribution is 2.26. The standard InChI is InChI=1S/C18H20N2O3/c1-4-23-18(21)14-9-11-15(12-10-14)19-13-20(2)16-7-5-6-8-17(16)22-3/h5-13H,4H2,1-3H3. The van der Waals surface area contributed by atoms with Gasteiger partial charge in [0.2, 0.25) is 0 Å². The van der Waals surface area contributed by atoms with Crippen LogP contribution in [-0.2, 0) is 4.74 Å². The Kier molecular flexibility index (Phi) is 5.74. The van der Waals surface area contributed by atoms with Crippen molar-refractivity contribution in [2.45, 2.75) is 6.92 Å². The molecule has 0 saturated heterocycles. The Labute approximate surface area is 136 Å². The van der Waals surface area contributed by atoms with Crippen molar-refractivity contribution >= 4 is 23.7 Å². The minimum atomic E-state index is -0.325. The summed E-state index contributed by atoms with van der Waals surface area (Å²) in [7, 11) is 3.53. The lowest BCUT2D eigenvalue weighted by atomic mass is 10.2. The molecule has 0 unspecified atom stereocenters. The van der Waals surface area contributed by atoms with Crippen molar-refractivity contribution in [1.29, 1.82) is 0 Å². The molecule has 0 radical (unpaired) electrons. The monoisotopic (exact) mass is 312 g/mol. The first-order chi connectivity index (χ1) is 11.2. The van der Waals surface area contributed by atoms with E-state index in [1.807, 2.05) is 36.2 Å².